The Morgan fingerprint density at radius 2 is 1.93 bits per heavy atom. The van der Waals surface area contributed by atoms with Gasteiger partial charge >= 0.3 is 0 Å². The maximum atomic E-state index is 9.29. The van der Waals surface area contributed by atoms with Gasteiger partial charge in [-0.25, -0.2) is 0 Å². The Hall–Kier alpha value is -0.550. The highest BCUT2D eigenvalue weighted by atomic mass is 15.1. The first kappa shape index (κ1) is 11.5. The van der Waals surface area contributed by atoms with Gasteiger partial charge in [0.2, 0.25) is 0 Å². The van der Waals surface area contributed by atoms with Gasteiger partial charge in [-0.1, -0.05) is 20.3 Å². The van der Waals surface area contributed by atoms with Crippen LogP contribution in [0.4, 0.5) is 0 Å². The van der Waals surface area contributed by atoms with Crippen LogP contribution in [0.3, 0.4) is 0 Å². The van der Waals surface area contributed by atoms with E-state index in [1.54, 1.807) is 0 Å². The SMILES string of the molecule is CC(C)CC(N(C)C)C1(C#N)CCC1. The summed E-state index contributed by atoms with van der Waals surface area (Å²) < 4.78 is 0. The molecule has 1 rings (SSSR count). The van der Waals surface area contributed by atoms with Crippen LogP contribution in [0.5, 0.6) is 0 Å². The second-order valence-electron chi connectivity index (χ2n) is 5.23. The third-order valence-corrected chi connectivity index (χ3v) is 3.42. The van der Waals surface area contributed by atoms with Crippen molar-refractivity contribution in [2.24, 2.45) is 11.3 Å². The molecule has 0 N–H and O–H groups in total. The lowest BCUT2D eigenvalue weighted by Gasteiger charge is -2.45. The van der Waals surface area contributed by atoms with E-state index in [1.807, 2.05) is 0 Å². The molecular formula is C12H22N2. The van der Waals surface area contributed by atoms with Gasteiger partial charge in [0.1, 0.15) is 0 Å². The van der Waals surface area contributed by atoms with E-state index < -0.39 is 0 Å². The zero-order chi connectivity index (χ0) is 10.8. The van der Waals surface area contributed by atoms with Gasteiger partial charge in [-0.3, -0.25) is 0 Å². The van der Waals surface area contributed by atoms with Crippen LogP contribution < -0.4 is 0 Å². The summed E-state index contributed by atoms with van der Waals surface area (Å²) in [6.45, 7) is 4.47. The second kappa shape index (κ2) is 4.31. The smallest absolute Gasteiger partial charge is 0.0728 e. The molecule has 1 aliphatic rings. The fourth-order valence-corrected chi connectivity index (χ4v) is 2.45. The van der Waals surface area contributed by atoms with Gasteiger partial charge in [-0.15, -0.1) is 0 Å². The van der Waals surface area contributed by atoms with E-state index in [-0.39, 0.29) is 5.41 Å². The Balaban J connectivity index is 2.71. The van der Waals surface area contributed by atoms with Crippen molar-refractivity contribution in [3.05, 3.63) is 0 Å². The number of hydrogen-bond acceptors (Lipinski definition) is 2. The molecule has 0 heterocycles. The molecule has 80 valence electrons. The topological polar surface area (TPSA) is 27.0 Å². The molecule has 2 heteroatoms. The normalized spacial score (nSPS) is 21.8. The van der Waals surface area contributed by atoms with Crippen LogP contribution in [0, 0.1) is 22.7 Å². The van der Waals surface area contributed by atoms with E-state index in [0.29, 0.717) is 12.0 Å². The first-order valence-corrected chi connectivity index (χ1v) is 5.59. The van der Waals surface area contributed by atoms with E-state index in [4.69, 9.17) is 0 Å². The van der Waals surface area contributed by atoms with Gasteiger partial charge in [-0.05, 0) is 39.3 Å². The monoisotopic (exact) mass is 194 g/mol. The Bertz CT molecular complexity index is 221. The van der Waals surface area contributed by atoms with E-state index in [0.717, 1.165) is 19.3 Å². The van der Waals surface area contributed by atoms with E-state index in [1.165, 1.54) is 6.42 Å². The molecule has 0 aromatic carbocycles. The van der Waals surface area contributed by atoms with Crippen molar-refractivity contribution >= 4 is 0 Å². The number of nitrogens with zero attached hydrogens (tertiary/aromatic N) is 2. The first-order chi connectivity index (χ1) is 6.52. The molecule has 2 nitrogen and oxygen atoms in total. The van der Waals surface area contributed by atoms with E-state index in [9.17, 15) is 5.26 Å². The van der Waals surface area contributed by atoms with Crippen molar-refractivity contribution in [1.29, 1.82) is 5.26 Å². The minimum atomic E-state index is -0.0340. The molecule has 0 saturated heterocycles. The Morgan fingerprint density at radius 3 is 2.14 bits per heavy atom. The summed E-state index contributed by atoms with van der Waals surface area (Å²) in [5.74, 6) is 0.674. The maximum Gasteiger partial charge on any atom is 0.0728 e. The predicted octanol–water partition coefficient (Wildman–Crippen LogP) is 2.66. The molecule has 0 aromatic rings. The van der Waals surface area contributed by atoms with Crippen LogP contribution in [-0.2, 0) is 0 Å². The molecule has 1 unspecified atom stereocenters. The van der Waals surface area contributed by atoms with Crippen molar-refractivity contribution in [3.8, 4) is 6.07 Å². The summed E-state index contributed by atoms with van der Waals surface area (Å²) in [7, 11) is 4.20. The van der Waals surface area contributed by atoms with Gasteiger partial charge in [0.15, 0.2) is 0 Å². The Kier molecular flexibility index (Phi) is 3.55. The summed E-state index contributed by atoms with van der Waals surface area (Å²) >= 11 is 0. The lowest BCUT2D eigenvalue weighted by atomic mass is 9.63. The Labute approximate surface area is 87.9 Å². The quantitative estimate of drug-likeness (QED) is 0.688. The highest BCUT2D eigenvalue weighted by Gasteiger charge is 2.45. The van der Waals surface area contributed by atoms with Gasteiger partial charge in [0.25, 0.3) is 0 Å². The van der Waals surface area contributed by atoms with Crippen molar-refractivity contribution in [2.75, 3.05) is 14.1 Å². The largest absolute Gasteiger partial charge is 0.305 e. The van der Waals surface area contributed by atoms with Crippen LogP contribution in [-0.4, -0.2) is 25.0 Å². The molecule has 0 amide bonds. The van der Waals surface area contributed by atoms with Crippen LogP contribution >= 0.6 is 0 Å². The third kappa shape index (κ3) is 2.09. The minimum Gasteiger partial charge on any atom is -0.305 e. The number of rotatable bonds is 4. The van der Waals surface area contributed by atoms with Crippen LogP contribution in [0.1, 0.15) is 39.5 Å². The van der Waals surface area contributed by atoms with Crippen molar-refractivity contribution < 1.29 is 0 Å². The molecule has 1 fully saturated rings. The highest BCUT2D eigenvalue weighted by molar-refractivity contribution is 5.11. The van der Waals surface area contributed by atoms with Crippen molar-refractivity contribution in [2.45, 2.75) is 45.6 Å². The number of hydrogen-bond donors (Lipinski definition) is 0. The molecule has 0 aliphatic heterocycles. The van der Waals surface area contributed by atoms with Crippen molar-refractivity contribution in [1.82, 2.24) is 4.90 Å². The van der Waals surface area contributed by atoms with E-state index in [2.05, 4.69) is 38.9 Å². The van der Waals surface area contributed by atoms with E-state index >= 15 is 0 Å². The molecule has 0 spiro atoms. The average Bonchev–Trinajstić information content (AvgIpc) is 2.00. The molecule has 1 saturated carbocycles. The highest BCUT2D eigenvalue weighted by Crippen LogP contribution is 2.46. The minimum absolute atomic E-state index is 0.0340. The number of nitriles is 1. The molecule has 0 radical (unpaired) electrons. The van der Waals surface area contributed by atoms with Gasteiger partial charge in [0, 0.05) is 6.04 Å². The summed E-state index contributed by atoms with van der Waals surface area (Å²) in [5.41, 5.74) is -0.0340. The average molecular weight is 194 g/mol. The third-order valence-electron chi connectivity index (χ3n) is 3.42. The molecule has 0 bridgehead atoms. The van der Waals surface area contributed by atoms with Crippen LogP contribution in [0.25, 0.3) is 0 Å². The summed E-state index contributed by atoms with van der Waals surface area (Å²) in [6, 6.07) is 3.01. The molecular weight excluding hydrogens is 172 g/mol. The standard InChI is InChI=1S/C12H22N2/c1-10(2)8-11(14(3)4)12(9-13)6-5-7-12/h10-11H,5-8H2,1-4H3. The zero-order valence-corrected chi connectivity index (χ0v) is 9.88. The summed E-state index contributed by atoms with van der Waals surface area (Å²) in [5, 5.41) is 9.29. The van der Waals surface area contributed by atoms with Crippen LogP contribution in [0.2, 0.25) is 0 Å². The summed E-state index contributed by atoms with van der Waals surface area (Å²) in [4.78, 5) is 2.24. The zero-order valence-electron chi connectivity index (χ0n) is 9.88. The van der Waals surface area contributed by atoms with Gasteiger partial charge in [-0.2, -0.15) is 5.26 Å². The van der Waals surface area contributed by atoms with Gasteiger partial charge < -0.3 is 4.90 Å². The molecule has 0 aromatic heterocycles. The lowest BCUT2D eigenvalue weighted by molar-refractivity contribution is 0.0606. The van der Waals surface area contributed by atoms with Crippen LogP contribution in [0.15, 0.2) is 0 Å². The molecule has 14 heavy (non-hydrogen) atoms. The fourth-order valence-electron chi connectivity index (χ4n) is 2.45. The predicted molar refractivity (Wildman–Crippen MR) is 58.8 cm³/mol. The summed E-state index contributed by atoms with van der Waals surface area (Å²) in [6.07, 6.45) is 4.56. The maximum absolute atomic E-state index is 9.29. The van der Waals surface area contributed by atoms with Crippen molar-refractivity contribution in [3.63, 3.8) is 0 Å². The Morgan fingerprint density at radius 1 is 1.36 bits per heavy atom. The first-order valence-electron chi connectivity index (χ1n) is 5.59. The molecule has 1 atom stereocenters. The second-order valence-corrected chi connectivity index (χ2v) is 5.23. The fraction of sp³-hybridized carbons (Fsp3) is 0.917. The van der Waals surface area contributed by atoms with Gasteiger partial charge in [0.05, 0.1) is 11.5 Å². The lowest BCUT2D eigenvalue weighted by Crippen LogP contribution is -2.48. The molecule has 1 aliphatic carbocycles.